The van der Waals surface area contributed by atoms with Gasteiger partial charge in [0, 0.05) is 17.7 Å². The van der Waals surface area contributed by atoms with Crippen LogP contribution in [0.2, 0.25) is 5.15 Å². The van der Waals surface area contributed by atoms with Crippen LogP contribution in [0.15, 0.2) is 12.4 Å². The van der Waals surface area contributed by atoms with Crippen LogP contribution < -0.4 is 0 Å². The molecule has 1 fully saturated rings. The van der Waals surface area contributed by atoms with Crippen LogP contribution in [0.3, 0.4) is 0 Å². The third-order valence-corrected chi connectivity index (χ3v) is 4.12. The number of nitrogens with zero attached hydrogens (tertiary/aromatic N) is 4. The highest BCUT2D eigenvalue weighted by molar-refractivity contribution is 6.32. The van der Waals surface area contributed by atoms with Crippen molar-refractivity contribution < 1.29 is 4.79 Å². The summed E-state index contributed by atoms with van der Waals surface area (Å²) in [4.78, 5) is 19.6. The Labute approximate surface area is 122 Å². The fourth-order valence-electron chi connectivity index (χ4n) is 2.74. The summed E-state index contributed by atoms with van der Waals surface area (Å²) < 4.78 is 1.54. The van der Waals surface area contributed by atoms with Gasteiger partial charge in [0.25, 0.3) is 0 Å². The second-order valence-electron chi connectivity index (χ2n) is 5.12. The van der Waals surface area contributed by atoms with Crippen molar-refractivity contribution >= 4 is 17.9 Å². The first kappa shape index (κ1) is 13.2. The Morgan fingerprint density at radius 2 is 2.10 bits per heavy atom. The Morgan fingerprint density at radius 3 is 2.75 bits per heavy atom. The van der Waals surface area contributed by atoms with Gasteiger partial charge >= 0.3 is 0 Å². The minimum Gasteiger partial charge on any atom is -0.298 e. The van der Waals surface area contributed by atoms with E-state index in [0.29, 0.717) is 22.5 Å². The summed E-state index contributed by atoms with van der Waals surface area (Å²) in [6.07, 6.45) is 6.76. The molecule has 104 valence electrons. The average Bonchev–Trinajstić information content (AvgIpc) is 3.05. The van der Waals surface area contributed by atoms with Crippen molar-refractivity contribution in [2.24, 2.45) is 0 Å². The highest BCUT2D eigenvalue weighted by Crippen LogP contribution is 2.37. The Kier molecular flexibility index (Phi) is 3.53. The second kappa shape index (κ2) is 5.32. The molecule has 0 unspecified atom stereocenters. The lowest BCUT2D eigenvalue weighted by Crippen LogP contribution is -2.02. The molecule has 3 rings (SSSR count). The minimum absolute atomic E-state index is 0.330. The number of halogens is 1. The van der Waals surface area contributed by atoms with Crippen molar-refractivity contribution in [1.82, 2.24) is 19.7 Å². The third-order valence-electron chi connectivity index (χ3n) is 3.76. The van der Waals surface area contributed by atoms with Crippen LogP contribution >= 0.6 is 11.6 Å². The van der Waals surface area contributed by atoms with Crippen molar-refractivity contribution in [1.29, 1.82) is 0 Å². The third kappa shape index (κ3) is 2.22. The van der Waals surface area contributed by atoms with E-state index in [1.54, 1.807) is 6.07 Å². The van der Waals surface area contributed by atoms with E-state index in [2.05, 4.69) is 15.1 Å². The normalized spacial score (nSPS) is 15.7. The number of carbonyl (C=O) groups excluding carboxylic acids is 1. The molecular formula is C14H15ClN4O. The van der Waals surface area contributed by atoms with Crippen LogP contribution in [-0.4, -0.2) is 26.0 Å². The largest absolute Gasteiger partial charge is 0.298 e. The maximum absolute atomic E-state index is 11.3. The van der Waals surface area contributed by atoms with E-state index in [4.69, 9.17) is 11.6 Å². The minimum atomic E-state index is 0.330. The predicted octanol–water partition coefficient (Wildman–Crippen LogP) is 3.09. The number of hydrogen-bond donors (Lipinski definition) is 0. The molecular weight excluding hydrogens is 276 g/mol. The molecule has 0 saturated heterocycles. The van der Waals surface area contributed by atoms with E-state index in [1.807, 2.05) is 6.92 Å². The average molecular weight is 291 g/mol. The SMILES string of the molecule is Cc1cc(-n2nc(C3CCCC3)c(C=O)c2Cl)ncn1. The van der Waals surface area contributed by atoms with Gasteiger partial charge in [-0.1, -0.05) is 24.4 Å². The molecule has 1 aliphatic carbocycles. The molecule has 0 bridgehead atoms. The number of aryl methyl sites for hydroxylation is 1. The Morgan fingerprint density at radius 1 is 1.35 bits per heavy atom. The smallest absolute Gasteiger partial charge is 0.158 e. The van der Waals surface area contributed by atoms with Gasteiger partial charge in [-0.25, -0.2) is 14.6 Å². The Hall–Kier alpha value is -1.75. The van der Waals surface area contributed by atoms with Gasteiger partial charge in [0.2, 0.25) is 0 Å². The summed E-state index contributed by atoms with van der Waals surface area (Å²) in [7, 11) is 0. The van der Waals surface area contributed by atoms with E-state index in [1.165, 1.54) is 23.9 Å². The lowest BCUT2D eigenvalue weighted by Gasteiger charge is -2.05. The maximum Gasteiger partial charge on any atom is 0.158 e. The zero-order valence-electron chi connectivity index (χ0n) is 11.2. The van der Waals surface area contributed by atoms with Gasteiger partial charge in [0.1, 0.15) is 11.5 Å². The maximum atomic E-state index is 11.3. The van der Waals surface area contributed by atoms with E-state index >= 15 is 0 Å². The second-order valence-corrected chi connectivity index (χ2v) is 5.48. The molecule has 20 heavy (non-hydrogen) atoms. The van der Waals surface area contributed by atoms with Crippen molar-refractivity contribution in [3.8, 4) is 5.82 Å². The first-order valence-corrected chi connectivity index (χ1v) is 7.11. The molecule has 1 aliphatic rings. The van der Waals surface area contributed by atoms with Gasteiger partial charge in [-0.15, -0.1) is 0 Å². The molecule has 0 radical (unpaired) electrons. The first-order valence-electron chi connectivity index (χ1n) is 6.73. The quantitative estimate of drug-likeness (QED) is 0.815. The van der Waals surface area contributed by atoms with Crippen LogP contribution in [-0.2, 0) is 0 Å². The monoisotopic (exact) mass is 290 g/mol. The number of carbonyl (C=O) groups is 1. The highest BCUT2D eigenvalue weighted by atomic mass is 35.5. The lowest BCUT2D eigenvalue weighted by atomic mass is 10.0. The van der Waals surface area contributed by atoms with Crippen molar-refractivity contribution in [3.05, 3.63) is 34.5 Å². The number of aromatic nitrogens is 4. The Balaban J connectivity index is 2.10. The number of rotatable bonds is 3. The van der Waals surface area contributed by atoms with Gasteiger partial charge in [-0.3, -0.25) is 4.79 Å². The van der Waals surface area contributed by atoms with E-state index in [9.17, 15) is 4.79 Å². The molecule has 2 aromatic heterocycles. The van der Waals surface area contributed by atoms with Crippen molar-refractivity contribution in [2.75, 3.05) is 0 Å². The summed E-state index contributed by atoms with van der Waals surface area (Å²) in [5, 5.41) is 4.87. The molecule has 0 atom stereocenters. The van der Waals surface area contributed by atoms with Gasteiger partial charge in [-0.2, -0.15) is 5.10 Å². The van der Waals surface area contributed by atoms with Crippen LogP contribution in [0.5, 0.6) is 0 Å². The standard InChI is InChI=1S/C14H15ClN4O/c1-9-6-12(17-8-16-9)19-14(15)11(7-20)13(18-19)10-4-2-3-5-10/h6-8,10H,2-5H2,1H3. The zero-order chi connectivity index (χ0) is 14.1. The van der Waals surface area contributed by atoms with E-state index < -0.39 is 0 Å². The summed E-state index contributed by atoms with van der Waals surface area (Å²) in [5.74, 6) is 0.923. The summed E-state index contributed by atoms with van der Waals surface area (Å²) in [6, 6.07) is 1.80. The summed E-state index contributed by atoms with van der Waals surface area (Å²) in [6.45, 7) is 1.88. The van der Waals surface area contributed by atoms with Gasteiger partial charge in [0.15, 0.2) is 12.1 Å². The van der Waals surface area contributed by atoms with Crippen LogP contribution in [0.25, 0.3) is 5.82 Å². The zero-order valence-corrected chi connectivity index (χ0v) is 12.0. The highest BCUT2D eigenvalue weighted by Gasteiger charge is 2.26. The van der Waals surface area contributed by atoms with Crippen molar-refractivity contribution in [3.63, 3.8) is 0 Å². The lowest BCUT2D eigenvalue weighted by molar-refractivity contribution is 0.112. The van der Waals surface area contributed by atoms with E-state index in [-0.39, 0.29) is 0 Å². The fourth-order valence-corrected chi connectivity index (χ4v) is 3.01. The Bertz CT molecular complexity index is 647. The predicted molar refractivity (Wildman–Crippen MR) is 75.5 cm³/mol. The van der Waals surface area contributed by atoms with Crippen molar-refractivity contribution in [2.45, 2.75) is 38.5 Å². The molecule has 6 heteroatoms. The molecule has 1 saturated carbocycles. The number of hydrogen-bond acceptors (Lipinski definition) is 4. The first-order chi connectivity index (χ1) is 9.70. The molecule has 0 N–H and O–H groups in total. The van der Waals surface area contributed by atoms with Crippen LogP contribution in [0.1, 0.15) is 53.3 Å². The van der Waals surface area contributed by atoms with Gasteiger partial charge in [-0.05, 0) is 19.8 Å². The van der Waals surface area contributed by atoms with Crippen LogP contribution in [0.4, 0.5) is 0 Å². The van der Waals surface area contributed by atoms with E-state index in [0.717, 1.165) is 30.5 Å². The molecule has 2 aromatic rings. The number of aldehydes is 1. The summed E-state index contributed by atoms with van der Waals surface area (Å²) >= 11 is 6.30. The fraction of sp³-hybridized carbons (Fsp3) is 0.429. The topological polar surface area (TPSA) is 60.7 Å². The molecule has 2 heterocycles. The van der Waals surface area contributed by atoms with Gasteiger partial charge < -0.3 is 0 Å². The molecule has 0 aromatic carbocycles. The molecule has 0 amide bonds. The molecule has 5 nitrogen and oxygen atoms in total. The van der Waals surface area contributed by atoms with Gasteiger partial charge in [0.05, 0.1) is 11.3 Å². The molecule has 0 spiro atoms. The van der Waals surface area contributed by atoms with Crippen LogP contribution in [0, 0.1) is 6.92 Å². The molecule has 0 aliphatic heterocycles. The summed E-state index contributed by atoms with van der Waals surface area (Å²) in [5.41, 5.74) is 2.13.